The Bertz CT molecular complexity index is 2700. The molecule has 3 fully saturated rings. The Balaban J connectivity index is 1.35. The van der Waals surface area contributed by atoms with Crippen LogP contribution >= 0.6 is 0 Å². The molecule has 2 bridgehead atoms. The molecule has 0 spiro atoms. The normalized spacial score (nSPS) is 28.1. The van der Waals surface area contributed by atoms with Gasteiger partial charge in [-0.05, 0) is 88.3 Å². The zero-order valence-electron chi connectivity index (χ0n) is 44.2. The largest absolute Gasteiger partial charge is 0.455 e. The molecule has 0 aromatic heterocycles. The second kappa shape index (κ2) is 23.2. The SMILES string of the molecule is CC(=O)O[C@H]1C(=O)[C@@]2(C)C(C(OC(=O)c3ccccc3)[C@]3(O)C[C@H](OC(=O)C(OC(=O)CCCC(=O)NCCCN(C)C)C(NC(=O)c4ccccc4)c4ccccc4)C(C)=C1C3(C)C)[C@@]1(OC(C)=O)COC1C[C@@H]2O. The van der Waals surface area contributed by atoms with Crippen molar-refractivity contribution < 1.29 is 77.0 Å². The zero-order chi connectivity index (χ0) is 55.3. The molecule has 0 radical (unpaired) electrons. The fraction of sp³-hybridized carbons (Fsp3) is 0.509. The van der Waals surface area contributed by atoms with E-state index in [2.05, 4.69) is 10.6 Å². The van der Waals surface area contributed by atoms with Gasteiger partial charge >= 0.3 is 29.8 Å². The van der Waals surface area contributed by atoms with E-state index in [1.807, 2.05) is 19.0 Å². The summed E-state index contributed by atoms with van der Waals surface area (Å²) < 4.78 is 36.9. The van der Waals surface area contributed by atoms with Crippen LogP contribution in [0.4, 0.5) is 0 Å². The number of esters is 5. The summed E-state index contributed by atoms with van der Waals surface area (Å²) >= 11 is 0. The molecule has 2 amide bonds. The number of hydrogen-bond acceptors (Lipinski definition) is 17. The van der Waals surface area contributed by atoms with E-state index >= 15 is 9.59 Å². The molecule has 2 saturated carbocycles. The van der Waals surface area contributed by atoms with Gasteiger partial charge in [0.15, 0.2) is 17.5 Å². The van der Waals surface area contributed by atoms with Crippen molar-refractivity contribution in [1.82, 2.24) is 15.5 Å². The van der Waals surface area contributed by atoms with Gasteiger partial charge in [-0.15, -0.1) is 0 Å². The molecule has 19 nitrogen and oxygen atoms in total. The average molecular weight is 1050 g/mol. The first-order chi connectivity index (χ1) is 36.0. The number of amides is 2. The van der Waals surface area contributed by atoms with Gasteiger partial charge in [0.05, 0.1) is 29.6 Å². The van der Waals surface area contributed by atoms with Crippen LogP contribution in [0.15, 0.2) is 102 Å². The summed E-state index contributed by atoms with van der Waals surface area (Å²) in [6, 6.07) is 22.7. The van der Waals surface area contributed by atoms with Gasteiger partial charge in [-0.1, -0.05) is 80.6 Å². The van der Waals surface area contributed by atoms with E-state index in [9.17, 15) is 39.0 Å². The van der Waals surface area contributed by atoms with Gasteiger partial charge in [0.2, 0.25) is 12.0 Å². The maximum absolute atomic E-state index is 15.8. The smallest absolute Gasteiger partial charge is 0.350 e. The number of carbonyl (C=O) groups excluding carboxylic acids is 8. The number of ether oxygens (including phenoxy) is 6. The number of fused-ring (bicyclic) bond motifs is 5. The van der Waals surface area contributed by atoms with E-state index in [1.165, 1.54) is 26.0 Å². The first-order valence-electron chi connectivity index (χ1n) is 25.6. The highest BCUT2D eigenvalue weighted by molar-refractivity contribution is 5.96. The number of aliphatic hydroxyl groups excluding tert-OH is 1. The molecule has 76 heavy (non-hydrogen) atoms. The van der Waals surface area contributed by atoms with Crippen LogP contribution in [0, 0.1) is 16.7 Å². The van der Waals surface area contributed by atoms with E-state index in [0.29, 0.717) is 18.5 Å². The molecule has 5 unspecified atom stereocenters. The quantitative estimate of drug-likeness (QED) is 0.0557. The van der Waals surface area contributed by atoms with Crippen LogP contribution in [0.2, 0.25) is 0 Å². The number of rotatable bonds is 19. The van der Waals surface area contributed by atoms with Crippen molar-refractivity contribution in [3.63, 3.8) is 0 Å². The minimum atomic E-state index is -2.48. The minimum absolute atomic E-state index is 0.0343. The van der Waals surface area contributed by atoms with Crippen LogP contribution < -0.4 is 10.6 Å². The van der Waals surface area contributed by atoms with Crippen molar-refractivity contribution in [3.05, 3.63) is 119 Å². The summed E-state index contributed by atoms with van der Waals surface area (Å²) in [7, 11) is 3.84. The Morgan fingerprint density at radius 3 is 2.01 bits per heavy atom. The lowest BCUT2D eigenvalue weighted by atomic mass is 9.44. The van der Waals surface area contributed by atoms with Crippen LogP contribution in [0.3, 0.4) is 0 Å². The molecule has 4 aliphatic rings. The van der Waals surface area contributed by atoms with Crippen molar-refractivity contribution in [2.75, 3.05) is 33.8 Å². The van der Waals surface area contributed by atoms with Crippen LogP contribution in [0.5, 0.6) is 0 Å². The molecule has 7 rings (SSSR count). The first-order valence-corrected chi connectivity index (χ1v) is 25.6. The number of carbonyl (C=O) groups is 8. The molecule has 408 valence electrons. The fourth-order valence-corrected chi connectivity index (χ4v) is 11.6. The molecule has 3 aliphatic carbocycles. The average Bonchev–Trinajstić information content (AvgIpc) is 3.48. The van der Waals surface area contributed by atoms with Crippen molar-refractivity contribution >= 4 is 47.4 Å². The first kappa shape index (κ1) is 56.9. The lowest BCUT2D eigenvalue weighted by Crippen LogP contribution is -2.82. The Labute approximate surface area is 441 Å². The maximum Gasteiger partial charge on any atom is 0.350 e. The highest BCUT2D eigenvalue weighted by atomic mass is 16.6. The number of hydrogen-bond donors (Lipinski definition) is 4. The monoisotopic (exact) mass is 1050 g/mol. The topological polar surface area (TPSA) is 260 Å². The van der Waals surface area contributed by atoms with Gasteiger partial charge in [0, 0.05) is 57.1 Å². The van der Waals surface area contributed by atoms with Crippen molar-refractivity contribution in [3.8, 4) is 0 Å². The molecule has 3 aromatic rings. The highest BCUT2D eigenvalue weighted by Crippen LogP contribution is 2.64. The van der Waals surface area contributed by atoms with Crippen molar-refractivity contribution in [1.29, 1.82) is 0 Å². The molecule has 19 heteroatoms. The molecule has 4 N–H and O–H groups in total. The van der Waals surface area contributed by atoms with Gasteiger partial charge in [-0.3, -0.25) is 28.8 Å². The third-order valence-corrected chi connectivity index (χ3v) is 15.6. The number of Topliss-reactive ketones (excluding diaryl/α,β-unsaturated/α-hetero) is 1. The summed E-state index contributed by atoms with van der Waals surface area (Å²) in [6.07, 6.45) is -10.5. The van der Waals surface area contributed by atoms with Gasteiger partial charge in [-0.2, -0.15) is 0 Å². The Morgan fingerprint density at radius 1 is 0.816 bits per heavy atom. The van der Waals surface area contributed by atoms with Crippen LogP contribution in [-0.2, 0) is 57.2 Å². The summed E-state index contributed by atoms with van der Waals surface area (Å²) in [5.74, 6) is -8.30. The predicted molar refractivity (Wildman–Crippen MR) is 272 cm³/mol. The van der Waals surface area contributed by atoms with E-state index in [4.69, 9.17) is 28.4 Å². The summed E-state index contributed by atoms with van der Waals surface area (Å²) in [5, 5.41) is 31.9. The Morgan fingerprint density at radius 2 is 1.43 bits per heavy atom. The molecular formula is C57H69N3O16. The molecule has 11 atom stereocenters. The summed E-state index contributed by atoms with van der Waals surface area (Å²) in [4.78, 5) is 115. The third kappa shape index (κ3) is 11.3. The Hall–Kier alpha value is -6.80. The highest BCUT2D eigenvalue weighted by Gasteiger charge is 2.78. The molecular weight excluding hydrogens is 983 g/mol. The molecule has 3 aromatic carbocycles. The van der Waals surface area contributed by atoms with Gasteiger partial charge < -0.3 is 54.2 Å². The number of ketones is 1. The van der Waals surface area contributed by atoms with E-state index < -0.39 is 119 Å². The molecule has 1 heterocycles. The lowest BCUT2D eigenvalue weighted by molar-refractivity contribution is -0.346. The Kier molecular flexibility index (Phi) is 17.4. The molecule has 1 saturated heterocycles. The second-order valence-electron chi connectivity index (χ2n) is 21.2. The fourth-order valence-electron chi connectivity index (χ4n) is 11.6. The van der Waals surface area contributed by atoms with Crippen molar-refractivity contribution in [2.45, 2.75) is 134 Å². The van der Waals surface area contributed by atoms with E-state index in [0.717, 1.165) is 20.4 Å². The zero-order valence-corrected chi connectivity index (χ0v) is 44.2. The summed E-state index contributed by atoms with van der Waals surface area (Å²) in [6.45, 7) is 9.04. The lowest BCUT2D eigenvalue weighted by Gasteiger charge is -2.67. The third-order valence-electron chi connectivity index (χ3n) is 15.6. The standard InChI is InChI=1S/C57H69N3O16/c1-33-39(73-53(69)47(74-43(65)27-18-26-42(64)58-28-19-29-60(7)8)45(36-20-12-9-13-21-36)59-51(67)37-22-14-10-15-23-37)31-57(70)50(75-52(68)38-24-16-11-17-25-38)48-55(6,40(63)30-41-56(48,32-71-41)76-35(3)62)49(66)46(72-34(2)61)44(33)54(57,4)5/h9-17,20-25,39-41,45-48,50,63,70H,18-19,26-32H2,1-8H3,(H,58,64)(H,59,67)/t39-,40-,41?,45?,46+,47?,48?,50?,55+,56+,57+/m0/s1. The molecule has 1 aliphatic heterocycles. The number of aliphatic hydroxyl groups is 2. The van der Waals surface area contributed by atoms with Crippen LogP contribution in [0.1, 0.15) is 112 Å². The van der Waals surface area contributed by atoms with Crippen LogP contribution in [-0.4, -0.2) is 144 Å². The number of nitrogens with zero attached hydrogens (tertiary/aromatic N) is 1. The van der Waals surface area contributed by atoms with E-state index in [-0.39, 0.29) is 60.5 Å². The van der Waals surface area contributed by atoms with E-state index in [1.54, 1.807) is 92.7 Å². The number of nitrogens with one attached hydrogen (secondary N) is 2. The van der Waals surface area contributed by atoms with Gasteiger partial charge in [0.1, 0.15) is 30.0 Å². The maximum atomic E-state index is 15.8. The van der Waals surface area contributed by atoms with Crippen LogP contribution in [0.25, 0.3) is 0 Å². The van der Waals surface area contributed by atoms with Crippen molar-refractivity contribution in [2.24, 2.45) is 16.7 Å². The minimum Gasteiger partial charge on any atom is -0.455 e. The second-order valence-corrected chi connectivity index (χ2v) is 21.2. The predicted octanol–water partition coefficient (Wildman–Crippen LogP) is 4.52. The number of benzene rings is 3. The van der Waals surface area contributed by atoms with Gasteiger partial charge in [-0.25, -0.2) is 9.59 Å². The van der Waals surface area contributed by atoms with Gasteiger partial charge in [0.25, 0.3) is 5.91 Å². The summed E-state index contributed by atoms with van der Waals surface area (Å²) in [5.41, 5.74) is -7.53.